The normalized spacial score (nSPS) is 19.6. The summed E-state index contributed by atoms with van der Waals surface area (Å²) in [6, 6.07) is 18.2. The lowest BCUT2D eigenvalue weighted by Gasteiger charge is -2.42. The number of ether oxygens (including phenoxy) is 1. The van der Waals surface area contributed by atoms with Crippen LogP contribution in [-0.2, 0) is 11.4 Å². The Morgan fingerprint density at radius 2 is 1.85 bits per heavy atom. The number of para-hydroxylation sites is 1. The van der Waals surface area contributed by atoms with Crippen LogP contribution in [0.25, 0.3) is 0 Å². The minimum Gasteiger partial charge on any atom is -0.489 e. The van der Waals surface area contributed by atoms with Crippen LogP contribution >= 0.6 is 0 Å². The summed E-state index contributed by atoms with van der Waals surface area (Å²) in [5, 5.41) is 3.06. The van der Waals surface area contributed by atoms with Crippen molar-refractivity contribution in [1.82, 2.24) is 10.2 Å². The highest BCUT2D eigenvalue weighted by molar-refractivity contribution is 5.93. The molecule has 1 spiro atoms. The summed E-state index contributed by atoms with van der Waals surface area (Å²) in [5.41, 5.74) is 1.78. The van der Waals surface area contributed by atoms with Gasteiger partial charge in [-0.25, -0.2) is 0 Å². The van der Waals surface area contributed by atoms with Crippen LogP contribution < -0.4 is 15.0 Å². The van der Waals surface area contributed by atoms with Crippen LogP contribution in [0.3, 0.4) is 0 Å². The molecule has 26 heavy (non-hydrogen) atoms. The number of hydrogen-bond acceptors (Lipinski definition) is 4. The van der Waals surface area contributed by atoms with E-state index in [4.69, 9.17) is 4.74 Å². The third kappa shape index (κ3) is 3.15. The van der Waals surface area contributed by atoms with Gasteiger partial charge >= 0.3 is 0 Å². The Hall–Kier alpha value is -2.53. The number of nitrogens with zero attached hydrogens (tertiary/aromatic N) is 2. The molecule has 5 heteroatoms. The zero-order chi connectivity index (χ0) is 18.0. The number of hydrogen-bond donors (Lipinski definition) is 1. The van der Waals surface area contributed by atoms with Gasteiger partial charge in [0.05, 0.1) is 6.67 Å². The first-order chi connectivity index (χ1) is 12.7. The van der Waals surface area contributed by atoms with Crippen LogP contribution in [0.4, 0.5) is 5.69 Å². The molecule has 2 aromatic rings. The van der Waals surface area contributed by atoms with E-state index in [0.29, 0.717) is 13.3 Å². The molecule has 2 heterocycles. The Bertz CT molecular complexity index is 770. The second-order valence-corrected chi connectivity index (χ2v) is 7.20. The third-order valence-electron chi connectivity index (χ3n) is 5.52. The van der Waals surface area contributed by atoms with Crippen LogP contribution in [0.1, 0.15) is 18.4 Å². The number of rotatable bonds is 4. The number of anilines is 1. The smallest absolute Gasteiger partial charge is 0.247 e. The molecular formula is C21H25N3O2. The maximum atomic E-state index is 12.6. The molecule has 4 rings (SSSR count). The van der Waals surface area contributed by atoms with Crippen LogP contribution in [-0.4, -0.2) is 43.2 Å². The predicted molar refractivity (Wildman–Crippen MR) is 102 cm³/mol. The molecule has 2 fully saturated rings. The molecule has 0 unspecified atom stereocenters. The SMILES string of the molecule is CN1CCC2(CC1)C(=O)NCN2c1cccc(COc2ccccc2)c1. The quantitative estimate of drug-likeness (QED) is 0.920. The van der Waals surface area contributed by atoms with E-state index < -0.39 is 5.54 Å². The number of amides is 1. The fourth-order valence-electron chi connectivity index (χ4n) is 3.91. The first-order valence-corrected chi connectivity index (χ1v) is 9.19. The van der Waals surface area contributed by atoms with Gasteiger partial charge in [-0.05, 0) is 49.7 Å². The molecule has 0 aromatic heterocycles. The van der Waals surface area contributed by atoms with Gasteiger partial charge in [0.15, 0.2) is 0 Å². The highest BCUT2D eigenvalue weighted by Gasteiger charge is 2.49. The molecule has 0 saturated carbocycles. The Morgan fingerprint density at radius 3 is 2.62 bits per heavy atom. The fourth-order valence-corrected chi connectivity index (χ4v) is 3.91. The molecule has 2 aromatic carbocycles. The van der Waals surface area contributed by atoms with Gasteiger partial charge < -0.3 is 19.9 Å². The van der Waals surface area contributed by atoms with Crippen molar-refractivity contribution in [3.05, 3.63) is 60.2 Å². The summed E-state index contributed by atoms with van der Waals surface area (Å²) in [7, 11) is 2.12. The highest BCUT2D eigenvalue weighted by Crippen LogP contribution is 2.36. The number of likely N-dealkylation sites (tertiary alicyclic amines) is 1. The summed E-state index contributed by atoms with van der Waals surface area (Å²) in [6.45, 7) is 2.98. The molecule has 0 bridgehead atoms. The molecule has 2 saturated heterocycles. The molecule has 1 N–H and O–H groups in total. The van der Waals surface area contributed by atoms with Gasteiger partial charge in [0, 0.05) is 18.8 Å². The van der Waals surface area contributed by atoms with E-state index in [2.05, 4.69) is 40.4 Å². The Morgan fingerprint density at radius 1 is 1.08 bits per heavy atom. The van der Waals surface area contributed by atoms with E-state index in [1.54, 1.807) is 0 Å². The lowest BCUT2D eigenvalue weighted by atomic mass is 9.86. The summed E-state index contributed by atoms with van der Waals surface area (Å²) >= 11 is 0. The summed E-state index contributed by atoms with van der Waals surface area (Å²) < 4.78 is 5.87. The minimum atomic E-state index is -0.411. The Labute approximate surface area is 154 Å². The highest BCUT2D eigenvalue weighted by atomic mass is 16.5. The molecule has 2 aliphatic rings. The van der Waals surface area contributed by atoms with E-state index in [1.807, 2.05) is 36.4 Å². The molecule has 0 atom stereocenters. The second-order valence-electron chi connectivity index (χ2n) is 7.20. The van der Waals surface area contributed by atoms with E-state index in [9.17, 15) is 4.79 Å². The average Bonchev–Trinajstić information content (AvgIpc) is 3.00. The van der Waals surface area contributed by atoms with Crippen LogP contribution in [0, 0.1) is 0 Å². The van der Waals surface area contributed by atoms with Gasteiger partial charge in [0.2, 0.25) is 5.91 Å². The van der Waals surface area contributed by atoms with Gasteiger partial charge in [-0.1, -0.05) is 30.3 Å². The first-order valence-electron chi connectivity index (χ1n) is 9.19. The number of benzene rings is 2. The van der Waals surface area contributed by atoms with Crippen molar-refractivity contribution in [2.24, 2.45) is 0 Å². The standard InChI is InChI=1S/C21H25N3O2/c1-23-12-10-21(11-13-23)20(25)22-16-24(21)18-7-5-6-17(14-18)15-26-19-8-3-2-4-9-19/h2-9,14H,10-13,15-16H2,1H3,(H,22,25). The van der Waals surface area contributed by atoms with E-state index in [1.165, 1.54) is 0 Å². The second kappa shape index (κ2) is 7.00. The Kier molecular flexibility index (Phi) is 4.55. The van der Waals surface area contributed by atoms with E-state index in [0.717, 1.165) is 42.9 Å². The molecule has 2 aliphatic heterocycles. The summed E-state index contributed by atoms with van der Waals surface area (Å²) in [6.07, 6.45) is 1.72. The zero-order valence-electron chi connectivity index (χ0n) is 15.1. The molecular weight excluding hydrogens is 326 g/mol. The third-order valence-corrected chi connectivity index (χ3v) is 5.52. The van der Waals surface area contributed by atoms with Crippen molar-refractivity contribution < 1.29 is 9.53 Å². The van der Waals surface area contributed by atoms with Crippen LogP contribution in [0.15, 0.2) is 54.6 Å². The maximum Gasteiger partial charge on any atom is 0.247 e. The van der Waals surface area contributed by atoms with E-state index >= 15 is 0 Å². The first kappa shape index (κ1) is 16.9. The zero-order valence-corrected chi connectivity index (χ0v) is 15.1. The Balaban J connectivity index is 1.53. The van der Waals surface area contributed by atoms with Gasteiger partial charge in [-0.3, -0.25) is 4.79 Å². The number of carbonyl (C=O) groups excluding carboxylic acids is 1. The predicted octanol–water partition coefficient (Wildman–Crippen LogP) is 2.62. The fraction of sp³-hybridized carbons (Fsp3) is 0.381. The number of carbonyl (C=O) groups is 1. The van der Waals surface area contributed by atoms with Gasteiger partial charge in [-0.15, -0.1) is 0 Å². The van der Waals surface area contributed by atoms with Crippen molar-refractivity contribution in [3.63, 3.8) is 0 Å². The molecule has 0 radical (unpaired) electrons. The molecule has 1 amide bonds. The van der Waals surface area contributed by atoms with E-state index in [-0.39, 0.29) is 5.91 Å². The largest absolute Gasteiger partial charge is 0.489 e. The molecule has 5 nitrogen and oxygen atoms in total. The lowest BCUT2D eigenvalue weighted by molar-refractivity contribution is -0.125. The van der Waals surface area contributed by atoms with Gasteiger partial charge in [0.25, 0.3) is 0 Å². The summed E-state index contributed by atoms with van der Waals surface area (Å²) in [4.78, 5) is 17.2. The van der Waals surface area contributed by atoms with Crippen LogP contribution in [0.5, 0.6) is 5.75 Å². The molecule has 0 aliphatic carbocycles. The van der Waals surface area contributed by atoms with Crippen LogP contribution in [0.2, 0.25) is 0 Å². The van der Waals surface area contributed by atoms with Crippen molar-refractivity contribution in [3.8, 4) is 5.75 Å². The number of nitrogens with one attached hydrogen (secondary N) is 1. The van der Waals surface area contributed by atoms with Crippen molar-refractivity contribution >= 4 is 11.6 Å². The van der Waals surface area contributed by atoms with Gasteiger partial charge in [-0.2, -0.15) is 0 Å². The minimum absolute atomic E-state index is 0.163. The van der Waals surface area contributed by atoms with Crippen molar-refractivity contribution in [2.75, 3.05) is 31.7 Å². The number of piperidine rings is 1. The molecule has 136 valence electrons. The average molecular weight is 351 g/mol. The van der Waals surface area contributed by atoms with Crippen molar-refractivity contribution in [1.29, 1.82) is 0 Å². The topological polar surface area (TPSA) is 44.8 Å². The van der Waals surface area contributed by atoms with Gasteiger partial charge in [0.1, 0.15) is 17.9 Å². The lowest BCUT2D eigenvalue weighted by Crippen LogP contribution is -2.55. The monoisotopic (exact) mass is 351 g/mol. The van der Waals surface area contributed by atoms with Crippen molar-refractivity contribution in [2.45, 2.75) is 25.0 Å². The summed E-state index contributed by atoms with van der Waals surface area (Å²) in [5.74, 6) is 1.03. The maximum absolute atomic E-state index is 12.6.